The van der Waals surface area contributed by atoms with Crippen LogP contribution in [0.2, 0.25) is 0 Å². The Morgan fingerprint density at radius 3 is 2.43 bits per heavy atom. The SMILES string of the molecule is C=CCP(C)(=O)Cl. The summed E-state index contributed by atoms with van der Waals surface area (Å²) in [4.78, 5) is 0. The molecular formula is C4H8ClOP. The average molecular weight is 139 g/mol. The summed E-state index contributed by atoms with van der Waals surface area (Å²) in [6.07, 6.45) is 1.99. The van der Waals surface area contributed by atoms with Crippen LogP contribution in [0.5, 0.6) is 0 Å². The summed E-state index contributed by atoms with van der Waals surface area (Å²) in [6.45, 7) is 2.60. The Bertz CT molecular complexity index is 104. The van der Waals surface area contributed by atoms with Crippen LogP contribution in [0.4, 0.5) is 0 Å². The Labute approximate surface area is 48.5 Å². The molecular weight excluding hydrogens is 130 g/mol. The van der Waals surface area contributed by atoms with Crippen LogP contribution in [0.15, 0.2) is 12.7 Å². The number of hydrogen-bond donors (Lipinski definition) is 0. The molecule has 0 aliphatic carbocycles. The van der Waals surface area contributed by atoms with Gasteiger partial charge in [-0.25, -0.2) is 0 Å². The van der Waals surface area contributed by atoms with Gasteiger partial charge in [0.1, 0.15) is 0 Å². The van der Waals surface area contributed by atoms with Crippen molar-refractivity contribution in [3.63, 3.8) is 0 Å². The van der Waals surface area contributed by atoms with Gasteiger partial charge in [0.25, 0.3) is 0 Å². The third-order valence-corrected chi connectivity index (χ3v) is 1.78. The molecule has 0 N–H and O–H groups in total. The Balaban J connectivity index is 3.57. The van der Waals surface area contributed by atoms with Crippen molar-refractivity contribution in [3.8, 4) is 0 Å². The maximum atomic E-state index is 10.5. The van der Waals surface area contributed by atoms with E-state index in [0.717, 1.165) is 0 Å². The number of hydrogen-bond acceptors (Lipinski definition) is 1. The van der Waals surface area contributed by atoms with E-state index in [1.54, 1.807) is 6.08 Å². The lowest BCUT2D eigenvalue weighted by atomic mass is 10.8. The molecule has 0 radical (unpaired) electrons. The highest BCUT2D eigenvalue weighted by Gasteiger charge is 2.04. The van der Waals surface area contributed by atoms with Gasteiger partial charge in [-0.05, 0) is 0 Å². The number of allylic oxidation sites excluding steroid dienone is 1. The molecule has 3 heteroatoms. The highest BCUT2D eigenvalue weighted by molar-refractivity contribution is 7.88. The van der Waals surface area contributed by atoms with E-state index in [2.05, 4.69) is 6.58 Å². The maximum Gasteiger partial charge on any atom is 0.170 e. The van der Waals surface area contributed by atoms with E-state index in [4.69, 9.17) is 11.2 Å². The zero-order chi connectivity index (χ0) is 5.91. The molecule has 0 spiro atoms. The summed E-state index contributed by atoms with van der Waals surface area (Å²) < 4.78 is 10.5. The summed E-state index contributed by atoms with van der Waals surface area (Å²) >= 11 is 5.32. The highest BCUT2D eigenvalue weighted by Crippen LogP contribution is 2.46. The van der Waals surface area contributed by atoms with E-state index in [9.17, 15) is 4.57 Å². The zero-order valence-electron chi connectivity index (χ0n) is 4.22. The molecule has 1 nitrogen and oxygen atoms in total. The predicted molar refractivity (Wildman–Crippen MR) is 34.4 cm³/mol. The average Bonchev–Trinajstić information content (AvgIpc) is 1.30. The second-order valence-electron chi connectivity index (χ2n) is 1.46. The van der Waals surface area contributed by atoms with Gasteiger partial charge in [-0.15, -0.1) is 6.58 Å². The van der Waals surface area contributed by atoms with Crippen molar-refractivity contribution in [2.24, 2.45) is 0 Å². The molecule has 0 rings (SSSR count). The zero-order valence-corrected chi connectivity index (χ0v) is 5.88. The Morgan fingerprint density at radius 1 is 2.00 bits per heavy atom. The molecule has 0 aliphatic heterocycles. The minimum absolute atomic E-state index is 0.425. The summed E-state index contributed by atoms with van der Waals surface area (Å²) in [7, 11) is 0. The van der Waals surface area contributed by atoms with Crippen LogP contribution < -0.4 is 0 Å². The van der Waals surface area contributed by atoms with Crippen molar-refractivity contribution in [1.82, 2.24) is 0 Å². The predicted octanol–water partition coefficient (Wildman–Crippen LogP) is 2.32. The third kappa shape index (κ3) is 6.26. The van der Waals surface area contributed by atoms with Crippen molar-refractivity contribution >= 4 is 17.7 Å². The van der Waals surface area contributed by atoms with Crippen LogP contribution in [0, 0.1) is 0 Å². The molecule has 0 bridgehead atoms. The summed E-state index contributed by atoms with van der Waals surface area (Å²) in [5.74, 6) is 0. The van der Waals surface area contributed by atoms with Crippen LogP contribution >= 0.6 is 17.7 Å². The van der Waals surface area contributed by atoms with Crippen molar-refractivity contribution in [3.05, 3.63) is 12.7 Å². The Morgan fingerprint density at radius 2 is 2.43 bits per heavy atom. The van der Waals surface area contributed by atoms with Crippen LogP contribution in [-0.2, 0) is 4.57 Å². The van der Waals surface area contributed by atoms with Gasteiger partial charge in [0.15, 0.2) is 6.49 Å². The van der Waals surface area contributed by atoms with Gasteiger partial charge in [-0.1, -0.05) is 17.3 Å². The quantitative estimate of drug-likeness (QED) is 0.423. The highest BCUT2D eigenvalue weighted by atomic mass is 35.7. The fraction of sp³-hybridized carbons (Fsp3) is 0.500. The standard InChI is InChI=1S/C4H8ClOP/c1-3-4-7(2,5)6/h3H,1,4H2,2H3. The largest absolute Gasteiger partial charge is 0.307 e. The van der Waals surface area contributed by atoms with Gasteiger partial charge < -0.3 is 4.57 Å². The lowest BCUT2D eigenvalue weighted by molar-refractivity contribution is 0.589. The minimum atomic E-state index is -2.31. The first-order chi connectivity index (χ1) is 3.06. The second kappa shape index (κ2) is 2.54. The van der Waals surface area contributed by atoms with Crippen LogP contribution in [0.25, 0.3) is 0 Å². The molecule has 0 fully saturated rings. The summed E-state index contributed by atoms with van der Waals surface area (Å²) in [6, 6.07) is 0. The topological polar surface area (TPSA) is 17.1 Å². The molecule has 1 atom stereocenters. The van der Waals surface area contributed by atoms with E-state index in [1.807, 2.05) is 0 Å². The summed E-state index contributed by atoms with van der Waals surface area (Å²) in [5, 5.41) is 0. The minimum Gasteiger partial charge on any atom is -0.307 e. The molecule has 42 valence electrons. The monoisotopic (exact) mass is 138 g/mol. The molecule has 0 aromatic heterocycles. The van der Waals surface area contributed by atoms with E-state index in [0.29, 0.717) is 6.16 Å². The number of halogens is 1. The van der Waals surface area contributed by atoms with Crippen molar-refractivity contribution in [1.29, 1.82) is 0 Å². The second-order valence-corrected chi connectivity index (χ2v) is 5.94. The van der Waals surface area contributed by atoms with Crippen LogP contribution in [0.3, 0.4) is 0 Å². The molecule has 0 heterocycles. The molecule has 0 saturated carbocycles. The Hall–Kier alpha value is 0.260. The normalized spacial score (nSPS) is 18.0. The van der Waals surface area contributed by atoms with Gasteiger partial charge in [0.2, 0.25) is 0 Å². The van der Waals surface area contributed by atoms with E-state index in [-0.39, 0.29) is 0 Å². The molecule has 0 saturated heterocycles. The van der Waals surface area contributed by atoms with Gasteiger partial charge in [0.05, 0.1) is 0 Å². The van der Waals surface area contributed by atoms with Gasteiger partial charge in [-0.2, -0.15) is 0 Å². The fourth-order valence-corrected chi connectivity index (χ4v) is 0.985. The third-order valence-electron chi connectivity index (χ3n) is 0.455. The van der Waals surface area contributed by atoms with Gasteiger partial charge >= 0.3 is 0 Å². The van der Waals surface area contributed by atoms with Crippen molar-refractivity contribution < 1.29 is 4.57 Å². The molecule has 7 heavy (non-hydrogen) atoms. The van der Waals surface area contributed by atoms with Gasteiger partial charge in [0, 0.05) is 12.8 Å². The van der Waals surface area contributed by atoms with Crippen molar-refractivity contribution in [2.45, 2.75) is 0 Å². The van der Waals surface area contributed by atoms with Crippen LogP contribution in [-0.4, -0.2) is 12.8 Å². The molecule has 0 aromatic rings. The first kappa shape index (κ1) is 7.26. The Kier molecular flexibility index (Phi) is 2.63. The molecule has 0 aromatic carbocycles. The van der Waals surface area contributed by atoms with Crippen LogP contribution in [0.1, 0.15) is 0 Å². The molecule has 0 amide bonds. The first-order valence-corrected chi connectivity index (χ1v) is 5.18. The summed E-state index contributed by atoms with van der Waals surface area (Å²) in [5.41, 5.74) is 0. The van der Waals surface area contributed by atoms with E-state index >= 15 is 0 Å². The fourth-order valence-electron chi connectivity index (χ4n) is 0.231. The van der Waals surface area contributed by atoms with Crippen molar-refractivity contribution in [2.75, 3.05) is 12.8 Å². The number of rotatable bonds is 2. The van der Waals surface area contributed by atoms with E-state index < -0.39 is 6.49 Å². The molecule has 1 unspecified atom stereocenters. The smallest absolute Gasteiger partial charge is 0.170 e. The maximum absolute atomic E-state index is 10.5. The lowest BCUT2D eigenvalue weighted by Crippen LogP contribution is -1.70. The first-order valence-electron chi connectivity index (χ1n) is 1.93. The van der Waals surface area contributed by atoms with E-state index in [1.165, 1.54) is 6.66 Å². The lowest BCUT2D eigenvalue weighted by Gasteiger charge is -1.93. The van der Waals surface area contributed by atoms with Gasteiger partial charge in [-0.3, -0.25) is 0 Å². The molecule has 0 aliphatic rings.